The lowest BCUT2D eigenvalue weighted by Gasteiger charge is -2.15. The van der Waals surface area contributed by atoms with Crippen molar-refractivity contribution in [2.24, 2.45) is 0 Å². The van der Waals surface area contributed by atoms with E-state index in [2.05, 4.69) is 5.32 Å². The molecule has 0 saturated heterocycles. The molecular formula is C16H14F3NO. The molecule has 1 N–H and O–H groups in total. The minimum atomic E-state index is -4.46. The zero-order valence-electron chi connectivity index (χ0n) is 11.3. The Kier molecular flexibility index (Phi) is 4.31. The van der Waals surface area contributed by atoms with E-state index in [9.17, 15) is 18.0 Å². The summed E-state index contributed by atoms with van der Waals surface area (Å²) in [7, 11) is 0. The number of carbonyl (C=O) groups is 1. The predicted octanol–water partition coefficient (Wildman–Crippen LogP) is 4.20. The summed E-state index contributed by atoms with van der Waals surface area (Å²) in [5, 5.41) is 2.68. The van der Waals surface area contributed by atoms with Crippen molar-refractivity contribution in [2.75, 3.05) is 0 Å². The van der Waals surface area contributed by atoms with Crippen LogP contribution >= 0.6 is 0 Å². The fourth-order valence-electron chi connectivity index (χ4n) is 1.94. The summed E-state index contributed by atoms with van der Waals surface area (Å²) in [6.45, 7) is 1.78. The first-order chi connectivity index (χ1) is 9.88. The molecule has 2 nitrogen and oxygen atoms in total. The van der Waals surface area contributed by atoms with Crippen LogP contribution in [0, 0.1) is 0 Å². The van der Waals surface area contributed by atoms with Gasteiger partial charge in [-0.2, -0.15) is 13.2 Å². The first-order valence-electron chi connectivity index (χ1n) is 6.41. The fraction of sp³-hybridized carbons (Fsp3) is 0.188. The van der Waals surface area contributed by atoms with Crippen molar-refractivity contribution in [1.29, 1.82) is 0 Å². The van der Waals surface area contributed by atoms with Gasteiger partial charge in [0.1, 0.15) is 0 Å². The van der Waals surface area contributed by atoms with Gasteiger partial charge in [0.2, 0.25) is 0 Å². The second-order valence-electron chi connectivity index (χ2n) is 4.68. The van der Waals surface area contributed by atoms with Gasteiger partial charge in [-0.3, -0.25) is 4.79 Å². The molecule has 0 aromatic heterocycles. The number of hydrogen-bond donors (Lipinski definition) is 1. The van der Waals surface area contributed by atoms with Gasteiger partial charge in [-0.15, -0.1) is 0 Å². The minimum Gasteiger partial charge on any atom is -0.346 e. The molecule has 0 aliphatic rings. The molecule has 110 valence electrons. The summed E-state index contributed by atoms with van der Waals surface area (Å²) >= 11 is 0. The molecule has 21 heavy (non-hydrogen) atoms. The molecule has 2 aromatic rings. The summed E-state index contributed by atoms with van der Waals surface area (Å²) < 4.78 is 37.9. The summed E-state index contributed by atoms with van der Waals surface area (Å²) in [6.07, 6.45) is -4.46. The highest BCUT2D eigenvalue weighted by Crippen LogP contribution is 2.29. The number of benzene rings is 2. The van der Waals surface area contributed by atoms with E-state index in [0.717, 1.165) is 17.7 Å². The number of hydrogen-bond acceptors (Lipinski definition) is 1. The van der Waals surface area contributed by atoms with E-state index in [4.69, 9.17) is 0 Å². The zero-order chi connectivity index (χ0) is 15.5. The van der Waals surface area contributed by atoms with Crippen molar-refractivity contribution in [1.82, 2.24) is 5.32 Å². The van der Waals surface area contributed by atoms with Crippen LogP contribution in [0.5, 0.6) is 0 Å². The normalized spacial score (nSPS) is 12.8. The standard InChI is InChI=1S/C16H14F3NO/c1-11(12-6-3-2-4-7-12)20-15(21)13-8-5-9-14(10-13)16(17,18)19/h2-11H,1H3,(H,20,21)/t11-/m1/s1. The molecule has 1 amide bonds. The number of alkyl halides is 3. The second kappa shape index (κ2) is 5.99. The van der Waals surface area contributed by atoms with Gasteiger partial charge in [0.25, 0.3) is 5.91 Å². The van der Waals surface area contributed by atoms with Crippen LogP contribution in [0.4, 0.5) is 13.2 Å². The van der Waals surface area contributed by atoms with Crippen molar-refractivity contribution in [3.05, 3.63) is 71.3 Å². The quantitative estimate of drug-likeness (QED) is 0.903. The molecule has 0 saturated carbocycles. The molecule has 2 aromatic carbocycles. The Balaban J connectivity index is 2.14. The smallest absolute Gasteiger partial charge is 0.346 e. The van der Waals surface area contributed by atoms with Gasteiger partial charge in [-0.1, -0.05) is 36.4 Å². The zero-order valence-corrected chi connectivity index (χ0v) is 11.3. The number of amides is 1. The lowest BCUT2D eigenvalue weighted by Crippen LogP contribution is -2.26. The third-order valence-corrected chi connectivity index (χ3v) is 3.10. The third kappa shape index (κ3) is 3.84. The average molecular weight is 293 g/mol. The van der Waals surface area contributed by atoms with E-state index < -0.39 is 17.6 Å². The molecule has 5 heteroatoms. The first kappa shape index (κ1) is 15.1. The van der Waals surface area contributed by atoms with Crippen molar-refractivity contribution in [3.63, 3.8) is 0 Å². The summed E-state index contributed by atoms with van der Waals surface area (Å²) in [4.78, 5) is 12.0. The van der Waals surface area contributed by atoms with Gasteiger partial charge >= 0.3 is 6.18 Å². The Labute approximate surface area is 120 Å². The predicted molar refractivity (Wildman–Crippen MR) is 73.8 cm³/mol. The Bertz CT molecular complexity index is 623. The first-order valence-corrected chi connectivity index (χ1v) is 6.41. The van der Waals surface area contributed by atoms with Gasteiger partial charge < -0.3 is 5.32 Å². The Morgan fingerprint density at radius 1 is 1.05 bits per heavy atom. The highest BCUT2D eigenvalue weighted by Gasteiger charge is 2.30. The molecule has 0 fully saturated rings. The molecule has 0 bridgehead atoms. The number of carbonyl (C=O) groups excluding carboxylic acids is 1. The molecule has 1 atom stereocenters. The SMILES string of the molecule is C[C@@H](NC(=O)c1cccc(C(F)(F)F)c1)c1ccccc1. The molecule has 0 spiro atoms. The average Bonchev–Trinajstić information content (AvgIpc) is 2.47. The van der Waals surface area contributed by atoms with Crippen molar-refractivity contribution in [3.8, 4) is 0 Å². The maximum atomic E-state index is 12.6. The van der Waals surface area contributed by atoms with E-state index in [-0.39, 0.29) is 11.6 Å². The van der Waals surface area contributed by atoms with Crippen LogP contribution < -0.4 is 5.32 Å². The van der Waals surface area contributed by atoms with Crippen LogP contribution in [0.15, 0.2) is 54.6 Å². The molecular weight excluding hydrogens is 279 g/mol. The van der Waals surface area contributed by atoms with E-state index >= 15 is 0 Å². The summed E-state index contributed by atoms with van der Waals surface area (Å²) in [5.41, 5.74) is 0.0490. The molecule has 0 radical (unpaired) electrons. The van der Waals surface area contributed by atoms with Gasteiger partial charge in [0.05, 0.1) is 11.6 Å². The molecule has 0 aliphatic carbocycles. The van der Waals surface area contributed by atoms with Crippen LogP contribution in [-0.2, 0) is 6.18 Å². The van der Waals surface area contributed by atoms with Gasteiger partial charge in [0, 0.05) is 5.56 Å². The molecule has 2 rings (SSSR count). The monoisotopic (exact) mass is 293 g/mol. The van der Waals surface area contributed by atoms with Crippen LogP contribution in [0.25, 0.3) is 0 Å². The molecule has 0 aliphatic heterocycles. The van der Waals surface area contributed by atoms with Crippen LogP contribution in [0.1, 0.15) is 34.5 Å². The number of halogens is 3. The van der Waals surface area contributed by atoms with E-state index in [0.29, 0.717) is 0 Å². The lowest BCUT2D eigenvalue weighted by molar-refractivity contribution is -0.137. The maximum Gasteiger partial charge on any atom is 0.416 e. The van der Waals surface area contributed by atoms with Crippen LogP contribution in [-0.4, -0.2) is 5.91 Å². The van der Waals surface area contributed by atoms with Crippen molar-refractivity contribution >= 4 is 5.91 Å². The molecule has 0 unspecified atom stereocenters. The van der Waals surface area contributed by atoms with E-state index in [1.54, 1.807) is 6.92 Å². The fourth-order valence-corrected chi connectivity index (χ4v) is 1.94. The Morgan fingerprint density at radius 3 is 2.33 bits per heavy atom. The highest BCUT2D eigenvalue weighted by molar-refractivity contribution is 5.94. The van der Waals surface area contributed by atoms with E-state index in [1.165, 1.54) is 12.1 Å². The largest absolute Gasteiger partial charge is 0.416 e. The van der Waals surface area contributed by atoms with Gasteiger partial charge in [-0.25, -0.2) is 0 Å². The van der Waals surface area contributed by atoms with Crippen molar-refractivity contribution in [2.45, 2.75) is 19.1 Å². The Hall–Kier alpha value is -2.30. The molecule has 0 heterocycles. The van der Waals surface area contributed by atoms with Crippen molar-refractivity contribution < 1.29 is 18.0 Å². The summed E-state index contributed by atoms with van der Waals surface area (Å²) in [6, 6.07) is 13.3. The van der Waals surface area contributed by atoms with E-state index in [1.807, 2.05) is 30.3 Å². The highest BCUT2D eigenvalue weighted by atomic mass is 19.4. The summed E-state index contributed by atoms with van der Waals surface area (Å²) in [5.74, 6) is -0.530. The van der Waals surface area contributed by atoms with Crippen LogP contribution in [0.2, 0.25) is 0 Å². The maximum absolute atomic E-state index is 12.6. The van der Waals surface area contributed by atoms with Gasteiger partial charge in [0.15, 0.2) is 0 Å². The number of nitrogens with one attached hydrogen (secondary N) is 1. The number of rotatable bonds is 3. The van der Waals surface area contributed by atoms with Crippen LogP contribution in [0.3, 0.4) is 0 Å². The topological polar surface area (TPSA) is 29.1 Å². The second-order valence-corrected chi connectivity index (χ2v) is 4.68. The Morgan fingerprint density at radius 2 is 1.71 bits per heavy atom. The minimum absolute atomic E-state index is 0.00685. The van der Waals surface area contributed by atoms with Gasteiger partial charge in [-0.05, 0) is 30.7 Å². The lowest BCUT2D eigenvalue weighted by atomic mass is 10.1. The third-order valence-electron chi connectivity index (χ3n) is 3.10.